The van der Waals surface area contributed by atoms with Crippen molar-refractivity contribution >= 4 is 28.9 Å². The fourth-order valence-corrected chi connectivity index (χ4v) is 1.94. The number of benzene rings is 2. The van der Waals surface area contributed by atoms with Crippen LogP contribution in [0.15, 0.2) is 42.5 Å². The van der Waals surface area contributed by atoms with Crippen molar-refractivity contribution < 1.29 is 14.8 Å². The summed E-state index contributed by atoms with van der Waals surface area (Å²) in [7, 11) is 0. The number of anilines is 1. The zero-order valence-electron chi connectivity index (χ0n) is 10.7. The number of carboxylic acids is 1. The highest BCUT2D eigenvalue weighted by molar-refractivity contribution is 6.33. The second kappa shape index (κ2) is 6.23. The van der Waals surface area contributed by atoms with Gasteiger partial charge in [0.2, 0.25) is 0 Å². The number of nitro benzene ring substituents is 1. The predicted molar refractivity (Wildman–Crippen MR) is 78.8 cm³/mol. The van der Waals surface area contributed by atoms with Gasteiger partial charge in [-0.2, -0.15) is 0 Å². The zero-order valence-corrected chi connectivity index (χ0v) is 11.5. The van der Waals surface area contributed by atoms with Gasteiger partial charge in [-0.3, -0.25) is 10.1 Å². The second-order valence-electron chi connectivity index (χ2n) is 4.28. The minimum atomic E-state index is -1.10. The average molecular weight is 307 g/mol. The van der Waals surface area contributed by atoms with Gasteiger partial charge in [0.1, 0.15) is 0 Å². The fraction of sp³-hybridized carbons (Fsp3) is 0.0714. The van der Waals surface area contributed by atoms with Crippen molar-refractivity contribution in [3.63, 3.8) is 0 Å². The maximum absolute atomic E-state index is 11.0. The van der Waals surface area contributed by atoms with E-state index in [0.717, 1.165) is 5.56 Å². The van der Waals surface area contributed by atoms with E-state index in [1.54, 1.807) is 18.2 Å². The van der Waals surface area contributed by atoms with Crippen LogP contribution in [0.1, 0.15) is 15.9 Å². The summed E-state index contributed by atoms with van der Waals surface area (Å²) in [6, 6.07) is 10.7. The molecule has 0 radical (unpaired) electrons. The first-order chi connectivity index (χ1) is 9.97. The van der Waals surface area contributed by atoms with E-state index in [-0.39, 0.29) is 16.3 Å². The Kier molecular flexibility index (Phi) is 4.39. The quantitative estimate of drug-likeness (QED) is 0.651. The number of carboxylic acid groups (broad SMARTS) is 1. The number of nitro groups is 1. The maximum atomic E-state index is 11.0. The molecule has 0 atom stereocenters. The fourth-order valence-electron chi connectivity index (χ4n) is 1.74. The van der Waals surface area contributed by atoms with Crippen LogP contribution in [0.2, 0.25) is 5.02 Å². The normalized spacial score (nSPS) is 10.1. The lowest BCUT2D eigenvalue weighted by Gasteiger charge is -2.08. The summed E-state index contributed by atoms with van der Waals surface area (Å²) in [5.41, 5.74) is 1.49. The molecule has 0 spiro atoms. The van der Waals surface area contributed by atoms with E-state index in [2.05, 4.69) is 5.32 Å². The molecule has 0 saturated carbocycles. The van der Waals surface area contributed by atoms with Gasteiger partial charge in [0, 0.05) is 24.4 Å². The summed E-state index contributed by atoms with van der Waals surface area (Å²) in [4.78, 5) is 21.1. The third-order valence-electron chi connectivity index (χ3n) is 2.84. The van der Waals surface area contributed by atoms with Gasteiger partial charge in [0.05, 0.1) is 15.5 Å². The molecule has 7 heteroatoms. The van der Waals surface area contributed by atoms with Crippen molar-refractivity contribution in [3.05, 3.63) is 68.7 Å². The van der Waals surface area contributed by atoms with Gasteiger partial charge >= 0.3 is 5.97 Å². The number of rotatable bonds is 5. The van der Waals surface area contributed by atoms with E-state index >= 15 is 0 Å². The molecule has 0 aliphatic rings. The van der Waals surface area contributed by atoms with Crippen LogP contribution >= 0.6 is 11.6 Å². The molecule has 0 heterocycles. The zero-order chi connectivity index (χ0) is 15.4. The Balaban J connectivity index is 2.07. The lowest BCUT2D eigenvalue weighted by atomic mass is 10.1. The van der Waals surface area contributed by atoms with Gasteiger partial charge in [-0.1, -0.05) is 23.7 Å². The molecule has 21 heavy (non-hydrogen) atoms. The van der Waals surface area contributed by atoms with Crippen molar-refractivity contribution in [1.82, 2.24) is 0 Å². The van der Waals surface area contributed by atoms with Crippen molar-refractivity contribution in [2.45, 2.75) is 6.54 Å². The van der Waals surface area contributed by atoms with Crippen LogP contribution in [0.3, 0.4) is 0 Å². The van der Waals surface area contributed by atoms with Crippen molar-refractivity contribution in [3.8, 4) is 0 Å². The van der Waals surface area contributed by atoms with Crippen LogP contribution in [-0.2, 0) is 6.54 Å². The molecule has 0 aromatic heterocycles. The summed E-state index contributed by atoms with van der Waals surface area (Å²) in [6.45, 7) is 0.415. The maximum Gasteiger partial charge on any atom is 0.337 e. The predicted octanol–water partition coefficient (Wildman–Crippen LogP) is 3.56. The van der Waals surface area contributed by atoms with E-state index in [0.29, 0.717) is 12.2 Å². The van der Waals surface area contributed by atoms with Crippen molar-refractivity contribution in [2.24, 2.45) is 0 Å². The molecule has 0 unspecified atom stereocenters. The number of non-ortho nitro benzene ring substituents is 1. The molecular weight excluding hydrogens is 296 g/mol. The third kappa shape index (κ3) is 3.70. The molecule has 2 rings (SSSR count). The van der Waals surface area contributed by atoms with Crippen LogP contribution in [0.5, 0.6) is 0 Å². The molecule has 0 fully saturated rings. The Morgan fingerprint density at radius 2 is 1.90 bits per heavy atom. The van der Waals surface area contributed by atoms with E-state index in [1.165, 1.54) is 24.3 Å². The molecule has 2 aromatic rings. The minimum Gasteiger partial charge on any atom is -0.478 e. The summed E-state index contributed by atoms with van der Waals surface area (Å²) in [5, 5.41) is 22.7. The molecule has 0 aliphatic heterocycles. The summed E-state index contributed by atoms with van der Waals surface area (Å²) >= 11 is 5.78. The highest BCUT2D eigenvalue weighted by atomic mass is 35.5. The summed E-state index contributed by atoms with van der Waals surface area (Å²) in [6.07, 6.45) is 0. The lowest BCUT2D eigenvalue weighted by molar-refractivity contribution is -0.384. The van der Waals surface area contributed by atoms with Crippen LogP contribution in [0.25, 0.3) is 0 Å². The monoisotopic (exact) mass is 306 g/mol. The Morgan fingerprint density at radius 3 is 2.48 bits per heavy atom. The topological polar surface area (TPSA) is 92.5 Å². The van der Waals surface area contributed by atoms with Gasteiger partial charge in [-0.15, -0.1) is 0 Å². The molecule has 0 aliphatic carbocycles. The minimum absolute atomic E-state index is 0.0189. The first-order valence-corrected chi connectivity index (χ1v) is 6.35. The van der Waals surface area contributed by atoms with Crippen LogP contribution in [-0.4, -0.2) is 16.0 Å². The molecule has 108 valence electrons. The second-order valence-corrected chi connectivity index (χ2v) is 4.68. The smallest absolute Gasteiger partial charge is 0.337 e. The third-order valence-corrected chi connectivity index (χ3v) is 3.17. The molecular formula is C14H11ClN2O4. The number of aromatic carboxylic acids is 1. The van der Waals surface area contributed by atoms with Crippen molar-refractivity contribution in [1.29, 1.82) is 0 Å². The van der Waals surface area contributed by atoms with E-state index < -0.39 is 10.9 Å². The van der Waals surface area contributed by atoms with Crippen molar-refractivity contribution in [2.75, 3.05) is 5.32 Å². The van der Waals surface area contributed by atoms with Crippen LogP contribution < -0.4 is 5.32 Å². The van der Waals surface area contributed by atoms with Gasteiger partial charge in [-0.05, 0) is 23.8 Å². The van der Waals surface area contributed by atoms with Crippen LogP contribution in [0, 0.1) is 10.1 Å². The number of carbonyl (C=O) groups is 1. The summed E-state index contributed by atoms with van der Waals surface area (Å²) < 4.78 is 0. The van der Waals surface area contributed by atoms with Gasteiger partial charge < -0.3 is 10.4 Å². The SMILES string of the molecule is O=C(O)c1cc(NCc2ccc([N+](=O)[O-])cc2)ccc1Cl. The summed E-state index contributed by atoms with van der Waals surface area (Å²) in [5.74, 6) is -1.10. The van der Waals surface area contributed by atoms with Gasteiger partial charge in [0.15, 0.2) is 0 Å². The Labute approximate surface area is 125 Å². The van der Waals surface area contributed by atoms with E-state index in [9.17, 15) is 14.9 Å². The number of hydrogen-bond acceptors (Lipinski definition) is 4. The first-order valence-electron chi connectivity index (χ1n) is 5.97. The molecule has 2 aromatic carbocycles. The molecule has 0 saturated heterocycles. The molecule has 6 nitrogen and oxygen atoms in total. The largest absolute Gasteiger partial charge is 0.478 e. The molecule has 0 bridgehead atoms. The standard InChI is InChI=1S/C14H11ClN2O4/c15-13-6-3-10(7-12(13)14(18)19)16-8-9-1-4-11(5-2-9)17(20)21/h1-7,16H,8H2,(H,18,19). The lowest BCUT2D eigenvalue weighted by Crippen LogP contribution is -2.03. The Bertz CT molecular complexity index is 686. The first kappa shape index (κ1) is 14.8. The van der Waals surface area contributed by atoms with E-state index in [1.807, 2.05) is 0 Å². The Morgan fingerprint density at radius 1 is 1.24 bits per heavy atom. The number of hydrogen-bond donors (Lipinski definition) is 2. The molecule has 2 N–H and O–H groups in total. The number of nitrogens with one attached hydrogen (secondary N) is 1. The highest BCUT2D eigenvalue weighted by Crippen LogP contribution is 2.21. The Hall–Kier alpha value is -2.60. The van der Waals surface area contributed by atoms with E-state index in [4.69, 9.17) is 16.7 Å². The average Bonchev–Trinajstić information content (AvgIpc) is 2.46. The highest BCUT2D eigenvalue weighted by Gasteiger charge is 2.09. The molecule has 0 amide bonds. The van der Waals surface area contributed by atoms with Gasteiger partial charge in [0.25, 0.3) is 5.69 Å². The van der Waals surface area contributed by atoms with Gasteiger partial charge in [-0.25, -0.2) is 4.79 Å². The number of nitrogens with zero attached hydrogens (tertiary/aromatic N) is 1. The number of halogens is 1. The van der Waals surface area contributed by atoms with Crippen LogP contribution in [0.4, 0.5) is 11.4 Å².